The fourth-order valence-electron chi connectivity index (χ4n) is 20.8. The molecule has 0 bridgehead atoms. The summed E-state index contributed by atoms with van der Waals surface area (Å²) in [5, 5.41) is 15.8. The number of allylic oxidation sites excluding steroid dienone is 28. The van der Waals surface area contributed by atoms with Crippen LogP contribution in [0.15, 0.2) is 328 Å². The van der Waals surface area contributed by atoms with Gasteiger partial charge in [0.25, 0.3) is 0 Å². The maximum absolute atomic E-state index is 2.70. The molecule has 0 aliphatic heterocycles. The molecule has 1 spiro atoms. The van der Waals surface area contributed by atoms with E-state index >= 15 is 0 Å². The zero-order chi connectivity index (χ0) is 71.0. The SMILES string of the molecule is CC(C)(C)C1=CC2=CC=C3C4=C(C=CC(=C1)C24)C=CC3c1ccc2c(c1)C1(c3cc(C4=C5C=CC6=C7C(=CC=C(C=C4)C57)CC(C(C)(C)C)=C6)ccc3-c3ccc(-c4ccc5ccc6cc(C(C)(C)C)cc7ccc4c5c67)cc31)c1cc(-c3ccc4ccc5cc(C(C)(C)C)cc6ccc3c4c56)ccc1-2. The highest BCUT2D eigenvalue weighted by atomic mass is 14.5. The minimum absolute atomic E-state index is 0.0217. The fraction of sp³-hybridized carbons (Fsp3) is 0.200. The van der Waals surface area contributed by atoms with Crippen LogP contribution in [0.4, 0.5) is 0 Å². The van der Waals surface area contributed by atoms with Crippen LogP contribution in [-0.4, -0.2) is 0 Å². The van der Waals surface area contributed by atoms with Crippen LogP contribution in [0.3, 0.4) is 0 Å². The molecule has 504 valence electrons. The summed E-state index contributed by atoms with van der Waals surface area (Å²) in [5.74, 6) is 0.427. The zero-order valence-corrected chi connectivity index (χ0v) is 62.3. The Morgan fingerprint density at radius 2 is 0.848 bits per heavy atom. The van der Waals surface area contributed by atoms with E-state index in [-0.39, 0.29) is 39.4 Å². The van der Waals surface area contributed by atoms with Crippen molar-refractivity contribution >= 4 is 70.2 Å². The molecule has 0 aromatic heterocycles. The van der Waals surface area contributed by atoms with E-state index in [4.69, 9.17) is 0 Å². The van der Waals surface area contributed by atoms with Gasteiger partial charge in [-0.15, -0.1) is 0 Å². The Labute approximate surface area is 617 Å². The molecule has 0 heteroatoms. The summed E-state index contributed by atoms with van der Waals surface area (Å²) in [6.45, 7) is 28.2. The Hall–Kier alpha value is -10.9. The summed E-state index contributed by atoms with van der Waals surface area (Å²) in [6.07, 6.45) is 37.9. The van der Waals surface area contributed by atoms with Crippen molar-refractivity contribution in [3.05, 3.63) is 372 Å². The van der Waals surface area contributed by atoms with Gasteiger partial charge in [-0.1, -0.05) is 331 Å². The van der Waals surface area contributed by atoms with E-state index in [9.17, 15) is 0 Å². The van der Waals surface area contributed by atoms with Gasteiger partial charge in [-0.05, 0) is 267 Å². The predicted molar refractivity (Wildman–Crippen MR) is 446 cm³/mol. The Morgan fingerprint density at radius 1 is 0.343 bits per heavy atom. The molecule has 0 saturated heterocycles. The third-order valence-electron chi connectivity index (χ3n) is 26.3. The van der Waals surface area contributed by atoms with E-state index < -0.39 is 5.41 Å². The first-order valence-electron chi connectivity index (χ1n) is 38.5. The minimum Gasteiger partial charge on any atom is -0.0720 e. The topological polar surface area (TPSA) is 0 Å². The summed E-state index contributed by atoms with van der Waals surface area (Å²) in [4.78, 5) is 0. The van der Waals surface area contributed by atoms with Gasteiger partial charge in [0.15, 0.2) is 0 Å². The second-order valence-electron chi connectivity index (χ2n) is 36.3. The molecule has 4 atom stereocenters. The molecular formula is C105H84. The first-order chi connectivity index (χ1) is 50.5. The van der Waals surface area contributed by atoms with Gasteiger partial charge < -0.3 is 0 Å². The molecule has 105 heavy (non-hydrogen) atoms. The second kappa shape index (κ2) is 20.7. The zero-order valence-electron chi connectivity index (χ0n) is 62.3. The summed E-state index contributed by atoms with van der Waals surface area (Å²) in [5.41, 5.74) is 38.7. The normalized spacial score (nSPS) is 21.0. The number of fused-ring (bicyclic) bond motifs is 10. The molecule has 0 nitrogen and oxygen atoms in total. The molecule has 0 N–H and O–H groups in total. The van der Waals surface area contributed by atoms with E-state index in [1.54, 1.807) is 0 Å². The third kappa shape index (κ3) is 8.52. The van der Waals surface area contributed by atoms with Gasteiger partial charge in [0.2, 0.25) is 0 Å². The van der Waals surface area contributed by atoms with Gasteiger partial charge in [-0.25, -0.2) is 0 Å². The Bertz CT molecular complexity index is 6380. The van der Waals surface area contributed by atoms with Crippen LogP contribution in [0.2, 0.25) is 0 Å². The summed E-state index contributed by atoms with van der Waals surface area (Å²) in [7, 11) is 0. The largest absolute Gasteiger partial charge is 0.0726 e. The molecule has 0 radical (unpaired) electrons. The molecule has 0 amide bonds. The van der Waals surface area contributed by atoms with Gasteiger partial charge in [0.05, 0.1) is 5.41 Å². The van der Waals surface area contributed by atoms with Crippen molar-refractivity contribution in [2.24, 2.45) is 22.7 Å². The van der Waals surface area contributed by atoms with Crippen molar-refractivity contribution in [2.45, 2.75) is 112 Å². The highest BCUT2D eigenvalue weighted by Gasteiger charge is 2.53. The minimum atomic E-state index is -0.753. The number of hydrogen-bond donors (Lipinski definition) is 0. The Balaban J connectivity index is 0.803. The van der Waals surface area contributed by atoms with Crippen LogP contribution in [0.25, 0.3) is 115 Å². The maximum Gasteiger partial charge on any atom is 0.0726 e. The first-order valence-corrected chi connectivity index (χ1v) is 38.5. The van der Waals surface area contributed by atoms with Crippen molar-refractivity contribution in [3.63, 3.8) is 0 Å². The number of benzene rings is 12. The maximum atomic E-state index is 2.70. The molecule has 4 unspecified atom stereocenters. The lowest BCUT2D eigenvalue weighted by atomic mass is 9.63. The van der Waals surface area contributed by atoms with Gasteiger partial charge in [0.1, 0.15) is 0 Å². The molecular weight excluding hydrogens is 1260 g/mol. The molecule has 12 aromatic rings. The van der Waals surface area contributed by atoms with Gasteiger partial charge >= 0.3 is 0 Å². The second-order valence-corrected chi connectivity index (χ2v) is 36.3. The van der Waals surface area contributed by atoms with Crippen molar-refractivity contribution in [1.29, 1.82) is 0 Å². The smallest absolute Gasteiger partial charge is 0.0720 e. The van der Waals surface area contributed by atoms with Gasteiger partial charge in [-0.2, -0.15) is 0 Å². The molecule has 12 aromatic carbocycles. The van der Waals surface area contributed by atoms with Crippen LogP contribution in [0, 0.1) is 22.7 Å². The van der Waals surface area contributed by atoms with E-state index in [0.717, 1.165) is 6.42 Å². The molecule has 22 rings (SSSR count). The Kier molecular flexibility index (Phi) is 12.2. The molecule has 0 fully saturated rings. The van der Waals surface area contributed by atoms with Crippen molar-refractivity contribution < 1.29 is 0 Å². The standard InChI is InChI=1S/C105H84/c1-101(2,3)73-45-65-17-13-57-21-33-77(85-41-29-69(49-73)93(65)97(57)85)61-25-37-81-82-38-26-62(78-34-22-58-14-18-66-46-74(102(4,5)6)50-70-30-42-86(78)98(58)94(66)70)54-90(82)105(89(81)53-61)91-55-63(79-35-23-59-15-19-67-47-75(103(7,8)9)51-71-31-43-87(79)99(59)95(67)71)27-39-83(91)84-40-28-64(56-92(84)105)80-36-24-60-16-20-68-48-76(104(10,11)12)52-72-32-44-88(80)100(60)96(68)72/h13-47,49-56,77,93,100H,48H2,1-12H3. The van der Waals surface area contributed by atoms with Crippen LogP contribution in [-0.2, 0) is 16.2 Å². The molecule has 0 heterocycles. The average molecular weight is 1350 g/mol. The lowest BCUT2D eigenvalue weighted by Crippen LogP contribution is -2.27. The quantitative estimate of drug-likeness (QED) is 0.154. The average Bonchev–Trinajstić information content (AvgIpc) is 1.50. The highest BCUT2D eigenvalue weighted by molar-refractivity contribution is 6.27. The van der Waals surface area contributed by atoms with Crippen LogP contribution in [0.1, 0.15) is 140 Å². The molecule has 10 aliphatic rings. The highest BCUT2D eigenvalue weighted by Crippen LogP contribution is 2.66. The molecule has 0 saturated carbocycles. The summed E-state index contributed by atoms with van der Waals surface area (Å²) >= 11 is 0. The fourth-order valence-corrected chi connectivity index (χ4v) is 20.8. The van der Waals surface area contributed by atoms with Crippen molar-refractivity contribution in [3.8, 4) is 44.5 Å². The molecule has 10 aliphatic carbocycles. The Morgan fingerprint density at radius 3 is 1.43 bits per heavy atom. The van der Waals surface area contributed by atoms with Crippen molar-refractivity contribution in [2.75, 3.05) is 0 Å². The van der Waals surface area contributed by atoms with E-state index in [1.165, 1.54) is 226 Å². The van der Waals surface area contributed by atoms with Crippen LogP contribution < -0.4 is 0 Å². The number of hydrogen-bond acceptors (Lipinski definition) is 0. The summed E-state index contributed by atoms with van der Waals surface area (Å²) < 4.78 is 0. The summed E-state index contributed by atoms with van der Waals surface area (Å²) in [6, 6.07) is 69.2. The monoisotopic (exact) mass is 1340 g/mol. The third-order valence-corrected chi connectivity index (χ3v) is 26.3. The van der Waals surface area contributed by atoms with E-state index in [1.807, 2.05) is 0 Å². The lowest BCUT2D eigenvalue weighted by Gasteiger charge is -2.40. The first kappa shape index (κ1) is 61.5. The van der Waals surface area contributed by atoms with E-state index in [0.29, 0.717) is 0 Å². The van der Waals surface area contributed by atoms with Gasteiger partial charge in [0, 0.05) is 17.8 Å². The van der Waals surface area contributed by atoms with Crippen LogP contribution >= 0.6 is 0 Å². The van der Waals surface area contributed by atoms with E-state index in [2.05, 4.69) is 344 Å². The number of rotatable bonds is 4. The van der Waals surface area contributed by atoms with Gasteiger partial charge in [-0.3, -0.25) is 0 Å². The van der Waals surface area contributed by atoms with Crippen LogP contribution in [0.5, 0.6) is 0 Å². The lowest BCUT2D eigenvalue weighted by molar-refractivity contribution is 0.488. The predicted octanol–water partition coefficient (Wildman–Crippen LogP) is 27.7. The van der Waals surface area contributed by atoms with Crippen molar-refractivity contribution in [1.82, 2.24) is 0 Å².